The molecule has 8 nitrogen and oxygen atoms in total. The summed E-state index contributed by atoms with van der Waals surface area (Å²) in [5, 5.41) is 8.07. The second kappa shape index (κ2) is 10.8. The van der Waals surface area contributed by atoms with E-state index in [1.807, 2.05) is 15.8 Å². The summed E-state index contributed by atoms with van der Waals surface area (Å²) in [6.07, 6.45) is 7.39. The van der Waals surface area contributed by atoms with E-state index in [1.165, 1.54) is 12.1 Å². The van der Waals surface area contributed by atoms with Gasteiger partial charge in [0.05, 0.1) is 23.2 Å². The molecule has 11 heteroatoms. The average Bonchev–Trinajstić information content (AvgIpc) is 3.61. The Bertz CT molecular complexity index is 1290. The number of carbonyl (C=O) groups is 1. The summed E-state index contributed by atoms with van der Waals surface area (Å²) < 4.78 is 22.0. The fraction of sp³-hybridized carbons (Fsp3) is 0.423. The summed E-state index contributed by atoms with van der Waals surface area (Å²) in [6.45, 7) is 4.89. The largest absolute Gasteiger partial charge is 0.482 e. The number of anilines is 1. The van der Waals surface area contributed by atoms with Gasteiger partial charge < -0.3 is 20.7 Å². The van der Waals surface area contributed by atoms with Crippen LogP contribution in [0.4, 0.5) is 10.2 Å². The molecule has 0 aliphatic carbocycles. The number of benzene rings is 1. The molecular weight excluding hydrogens is 518 g/mol. The van der Waals surface area contributed by atoms with E-state index in [2.05, 4.69) is 15.4 Å². The van der Waals surface area contributed by atoms with Crippen LogP contribution >= 0.6 is 23.2 Å². The number of rotatable bonds is 6. The third kappa shape index (κ3) is 5.39. The van der Waals surface area contributed by atoms with E-state index in [9.17, 15) is 9.18 Å². The molecule has 1 amide bonds. The molecule has 2 aliphatic rings. The van der Waals surface area contributed by atoms with E-state index in [-0.39, 0.29) is 28.7 Å². The molecule has 2 atom stereocenters. The highest BCUT2D eigenvalue weighted by Crippen LogP contribution is 2.37. The summed E-state index contributed by atoms with van der Waals surface area (Å²) in [7, 11) is 0. The molecule has 2 aliphatic heterocycles. The Labute approximate surface area is 224 Å². The van der Waals surface area contributed by atoms with E-state index < -0.39 is 11.9 Å². The van der Waals surface area contributed by atoms with Crippen LogP contribution in [-0.2, 0) is 4.79 Å². The van der Waals surface area contributed by atoms with Crippen molar-refractivity contribution < 1.29 is 13.9 Å². The number of amides is 1. The molecule has 0 saturated carbocycles. The van der Waals surface area contributed by atoms with Gasteiger partial charge in [-0.15, -0.1) is 0 Å². The van der Waals surface area contributed by atoms with Gasteiger partial charge in [-0.2, -0.15) is 5.10 Å². The summed E-state index contributed by atoms with van der Waals surface area (Å²) in [5.74, 6) is 0.330. The SMILES string of the molecule is C[C@@H](Oc1cc(-c2cnn(C3CCN(C(=O)[C@@H]4CCNC4)CC3)c2)cnc1N)c1c(Cl)ccc(F)c1Cl. The van der Waals surface area contributed by atoms with E-state index in [0.29, 0.717) is 16.3 Å². The number of halogens is 3. The number of nitrogens with one attached hydrogen (secondary N) is 1. The smallest absolute Gasteiger partial charge is 0.227 e. The second-order valence-corrected chi connectivity index (χ2v) is 10.4. The lowest BCUT2D eigenvalue weighted by molar-refractivity contribution is -0.136. The maximum Gasteiger partial charge on any atom is 0.227 e. The maximum absolute atomic E-state index is 14.0. The van der Waals surface area contributed by atoms with Gasteiger partial charge in [-0.1, -0.05) is 23.2 Å². The van der Waals surface area contributed by atoms with Crippen molar-refractivity contribution in [1.29, 1.82) is 0 Å². The van der Waals surface area contributed by atoms with Crippen LogP contribution in [0.15, 0.2) is 36.8 Å². The van der Waals surface area contributed by atoms with Crippen LogP contribution in [0.3, 0.4) is 0 Å². The third-order valence-electron chi connectivity index (χ3n) is 7.17. The van der Waals surface area contributed by atoms with Gasteiger partial charge in [0.2, 0.25) is 5.91 Å². The molecule has 0 radical (unpaired) electrons. The van der Waals surface area contributed by atoms with Crippen molar-refractivity contribution in [3.8, 4) is 16.9 Å². The molecule has 4 heterocycles. The highest BCUT2D eigenvalue weighted by molar-refractivity contribution is 6.36. The van der Waals surface area contributed by atoms with Crippen molar-refractivity contribution in [3.63, 3.8) is 0 Å². The molecule has 0 unspecified atom stereocenters. The lowest BCUT2D eigenvalue weighted by Gasteiger charge is -2.33. The fourth-order valence-corrected chi connectivity index (χ4v) is 5.71. The molecule has 3 N–H and O–H groups in total. The van der Waals surface area contributed by atoms with Gasteiger partial charge in [0.1, 0.15) is 11.9 Å². The van der Waals surface area contributed by atoms with Gasteiger partial charge in [0.25, 0.3) is 0 Å². The molecule has 2 aromatic heterocycles. The van der Waals surface area contributed by atoms with Crippen molar-refractivity contribution in [2.75, 3.05) is 31.9 Å². The third-order valence-corrected chi connectivity index (χ3v) is 7.88. The van der Waals surface area contributed by atoms with Gasteiger partial charge in [-0.3, -0.25) is 9.48 Å². The first-order chi connectivity index (χ1) is 17.8. The predicted molar refractivity (Wildman–Crippen MR) is 141 cm³/mol. The normalized spacial score (nSPS) is 19.2. The molecule has 0 bridgehead atoms. The van der Waals surface area contributed by atoms with Crippen molar-refractivity contribution in [2.45, 2.75) is 38.3 Å². The number of hydrogen-bond donors (Lipinski definition) is 2. The van der Waals surface area contributed by atoms with Crippen molar-refractivity contribution in [2.24, 2.45) is 5.92 Å². The molecule has 0 spiro atoms. The molecule has 3 aromatic rings. The minimum Gasteiger partial charge on any atom is -0.482 e. The number of nitrogens with zero attached hydrogens (tertiary/aromatic N) is 4. The van der Waals surface area contributed by atoms with Gasteiger partial charge in [-0.25, -0.2) is 9.37 Å². The van der Waals surface area contributed by atoms with E-state index in [0.717, 1.165) is 56.6 Å². The Morgan fingerprint density at radius 3 is 2.73 bits per heavy atom. The molecule has 1 aromatic carbocycles. The van der Waals surface area contributed by atoms with Gasteiger partial charge in [0.15, 0.2) is 11.6 Å². The molecular formula is C26H29Cl2FN6O2. The second-order valence-electron chi connectivity index (χ2n) is 9.58. The van der Waals surface area contributed by atoms with Crippen LogP contribution in [0.1, 0.15) is 43.9 Å². The number of pyridine rings is 1. The number of hydrogen-bond acceptors (Lipinski definition) is 6. The zero-order valence-corrected chi connectivity index (χ0v) is 22.0. The number of nitrogen functional groups attached to an aromatic ring is 1. The van der Waals surface area contributed by atoms with Gasteiger partial charge in [0, 0.05) is 53.7 Å². The molecule has 37 heavy (non-hydrogen) atoms. The zero-order chi connectivity index (χ0) is 26.1. The van der Waals surface area contributed by atoms with Crippen molar-refractivity contribution in [1.82, 2.24) is 25.0 Å². The van der Waals surface area contributed by atoms with Crippen LogP contribution in [0, 0.1) is 11.7 Å². The Morgan fingerprint density at radius 1 is 1.22 bits per heavy atom. The summed E-state index contributed by atoms with van der Waals surface area (Å²) in [4.78, 5) is 19.0. The number of likely N-dealkylation sites (tertiary alicyclic amines) is 1. The van der Waals surface area contributed by atoms with Crippen LogP contribution in [-0.4, -0.2) is 51.8 Å². The minimum absolute atomic E-state index is 0.0865. The molecule has 2 saturated heterocycles. The Balaban J connectivity index is 1.27. The van der Waals surface area contributed by atoms with E-state index >= 15 is 0 Å². The topological polar surface area (TPSA) is 98.3 Å². The number of nitrogens with two attached hydrogens (primary N) is 1. The zero-order valence-electron chi connectivity index (χ0n) is 20.5. The summed E-state index contributed by atoms with van der Waals surface area (Å²) in [5.41, 5.74) is 8.06. The van der Waals surface area contributed by atoms with Gasteiger partial charge >= 0.3 is 0 Å². The van der Waals surface area contributed by atoms with Crippen LogP contribution in [0.25, 0.3) is 11.1 Å². The number of piperidine rings is 1. The lowest BCUT2D eigenvalue weighted by Crippen LogP contribution is -2.42. The molecule has 5 rings (SSSR count). The lowest BCUT2D eigenvalue weighted by atomic mass is 10.0. The predicted octanol–water partition coefficient (Wildman–Crippen LogP) is 4.89. The van der Waals surface area contributed by atoms with E-state index in [1.54, 1.807) is 25.4 Å². The first-order valence-electron chi connectivity index (χ1n) is 12.4. The van der Waals surface area contributed by atoms with Crippen LogP contribution < -0.4 is 15.8 Å². The maximum atomic E-state index is 14.0. The van der Waals surface area contributed by atoms with E-state index in [4.69, 9.17) is 33.7 Å². The van der Waals surface area contributed by atoms with Crippen LogP contribution in [0.2, 0.25) is 10.0 Å². The molecule has 2 fully saturated rings. The number of ether oxygens (including phenoxy) is 1. The van der Waals surface area contributed by atoms with Crippen LogP contribution in [0.5, 0.6) is 5.75 Å². The average molecular weight is 547 g/mol. The summed E-state index contributed by atoms with van der Waals surface area (Å²) in [6, 6.07) is 4.65. The van der Waals surface area contributed by atoms with Crippen molar-refractivity contribution in [3.05, 3.63) is 58.2 Å². The first kappa shape index (κ1) is 25.8. The monoisotopic (exact) mass is 546 g/mol. The Hall–Kier alpha value is -2.88. The highest BCUT2D eigenvalue weighted by atomic mass is 35.5. The Kier molecular flexibility index (Phi) is 7.55. The number of aromatic nitrogens is 3. The summed E-state index contributed by atoms with van der Waals surface area (Å²) >= 11 is 12.4. The van der Waals surface area contributed by atoms with Crippen molar-refractivity contribution >= 4 is 34.9 Å². The fourth-order valence-electron chi connectivity index (χ4n) is 5.03. The minimum atomic E-state index is -0.661. The highest BCUT2D eigenvalue weighted by Gasteiger charge is 2.30. The standard InChI is InChI=1S/C26H29Cl2FN6O2/c1-15(23-20(27)2-3-21(29)24(23)28)37-22-10-17(12-32-25(22)30)18-13-33-35(14-18)19-5-8-34(9-6-19)26(36)16-4-7-31-11-16/h2-3,10,12-16,19,31H,4-9,11H2,1H3,(H2,30,32)/t15-,16-/m1/s1. The quantitative estimate of drug-likeness (QED) is 0.427. The number of carbonyl (C=O) groups excluding carboxylic acids is 1. The molecule has 196 valence electrons. The van der Waals surface area contributed by atoms with Gasteiger partial charge in [-0.05, 0) is 50.9 Å². The first-order valence-corrected chi connectivity index (χ1v) is 13.2. The Morgan fingerprint density at radius 2 is 2.00 bits per heavy atom.